The second kappa shape index (κ2) is 6.77. The lowest BCUT2D eigenvalue weighted by Crippen LogP contribution is -2.02. The summed E-state index contributed by atoms with van der Waals surface area (Å²) in [6.07, 6.45) is 2.11. The van der Waals surface area contributed by atoms with Gasteiger partial charge in [-0.15, -0.1) is 0 Å². The van der Waals surface area contributed by atoms with E-state index in [-0.39, 0.29) is 0 Å². The van der Waals surface area contributed by atoms with Gasteiger partial charge in [0, 0.05) is 5.69 Å². The third-order valence-electron chi connectivity index (χ3n) is 2.04. The molecule has 16 heavy (non-hydrogen) atoms. The zero-order valence-electron chi connectivity index (χ0n) is 9.84. The number of nitrogens with one attached hydrogen (secondary N) is 1. The predicted octanol–water partition coefficient (Wildman–Crippen LogP) is 4.50. The van der Waals surface area contributed by atoms with Gasteiger partial charge in [-0.1, -0.05) is 39.4 Å². The lowest BCUT2D eigenvalue weighted by molar-refractivity contribution is 0.841. The van der Waals surface area contributed by atoms with Crippen molar-refractivity contribution < 1.29 is 0 Å². The first-order valence-electron chi connectivity index (χ1n) is 5.43. The normalized spacial score (nSPS) is 11.1. The monoisotopic (exact) mass is 320 g/mol. The Morgan fingerprint density at radius 1 is 1.50 bits per heavy atom. The first-order chi connectivity index (χ1) is 7.54. The van der Waals surface area contributed by atoms with E-state index in [1.807, 2.05) is 11.8 Å². The van der Waals surface area contributed by atoms with Crippen molar-refractivity contribution in [2.75, 3.05) is 0 Å². The molecule has 1 rings (SSSR count). The molecule has 1 N–H and O–H groups in total. The van der Waals surface area contributed by atoms with E-state index in [0.717, 1.165) is 28.9 Å². The number of halogens is 1. The van der Waals surface area contributed by atoms with Gasteiger partial charge in [-0.25, -0.2) is 4.98 Å². The van der Waals surface area contributed by atoms with E-state index in [1.54, 1.807) is 0 Å². The summed E-state index contributed by atoms with van der Waals surface area (Å²) in [7, 11) is 0. The molecule has 0 aliphatic carbocycles. The summed E-state index contributed by atoms with van der Waals surface area (Å²) in [5.41, 5.74) is 1.17. The van der Waals surface area contributed by atoms with E-state index in [9.17, 15) is 0 Å². The van der Waals surface area contributed by atoms with Crippen LogP contribution in [0.3, 0.4) is 0 Å². The minimum Gasteiger partial charge on any atom is -0.345 e. The molecule has 90 valence electrons. The fourth-order valence-electron chi connectivity index (χ4n) is 1.29. The van der Waals surface area contributed by atoms with Crippen LogP contribution >= 0.6 is 39.9 Å². The minimum absolute atomic E-state index is 0.613. The van der Waals surface area contributed by atoms with Gasteiger partial charge in [0.15, 0.2) is 0 Å². The topological polar surface area (TPSA) is 28.7 Å². The standard InChI is InChI=1S/C11H17BrN2S2/c1-4-5-8-10(12)11(15)14-9(13-8)6-16-7(2)3/h7H,4-6H2,1-3H3,(H,13,14,15). The zero-order valence-corrected chi connectivity index (χ0v) is 13.1. The van der Waals surface area contributed by atoms with Crippen molar-refractivity contribution in [1.82, 2.24) is 9.97 Å². The summed E-state index contributed by atoms with van der Waals surface area (Å²) in [6, 6.07) is 0. The SMILES string of the molecule is CCCc1[nH]c(CSC(C)C)nc(=S)c1Br. The molecule has 0 bridgehead atoms. The van der Waals surface area contributed by atoms with Crippen LogP contribution in [0.1, 0.15) is 38.7 Å². The number of aromatic nitrogens is 2. The van der Waals surface area contributed by atoms with Crippen LogP contribution in [0.25, 0.3) is 0 Å². The average molecular weight is 321 g/mol. The highest BCUT2D eigenvalue weighted by atomic mass is 79.9. The van der Waals surface area contributed by atoms with Crippen LogP contribution in [0, 0.1) is 4.64 Å². The molecule has 0 amide bonds. The largest absolute Gasteiger partial charge is 0.345 e. The molecule has 0 saturated carbocycles. The fourth-order valence-corrected chi connectivity index (χ4v) is 2.54. The Morgan fingerprint density at radius 2 is 2.19 bits per heavy atom. The lowest BCUT2D eigenvalue weighted by atomic mass is 10.2. The molecule has 1 aromatic rings. The smallest absolute Gasteiger partial charge is 0.144 e. The number of hydrogen-bond donors (Lipinski definition) is 1. The zero-order chi connectivity index (χ0) is 12.1. The molecular formula is C11H17BrN2S2. The molecule has 0 aromatic carbocycles. The Bertz CT molecular complexity index is 401. The second-order valence-corrected chi connectivity index (χ2v) is 6.64. The fraction of sp³-hybridized carbons (Fsp3) is 0.636. The van der Waals surface area contributed by atoms with Crippen LogP contribution < -0.4 is 0 Å². The number of hydrogen-bond acceptors (Lipinski definition) is 3. The van der Waals surface area contributed by atoms with Crippen molar-refractivity contribution in [2.24, 2.45) is 0 Å². The van der Waals surface area contributed by atoms with E-state index in [2.05, 4.69) is 46.7 Å². The summed E-state index contributed by atoms with van der Waals surface area (Å²) < 4.78 is 1.62. The highest BCUT2D eigenvalue weighted by molar-refractivity contribution is 9.10. The van der Waals surface area contributed by atoms with Gasteiger partial charge < -0.3 is 4.98 Å². The Labute approximate surface area is 115 Å². The van der Waals surface area contributed by atoms with Crippen LogP contribution in [-0.4, -0.2) is 15.2 Å². The van der Waals surface area contributed by atoms with Crippen molar-refractivity contribution in [3.63, 3.8) is 0 Å². The van der Waals surface area contributed by atoms with E-state index < -0.39 is 0 Å². The van der Waals surface area contributed by atoms with Gasteiger partial charge in [0.25, 0.3) is 0 Å². The molecule has 5 heteroatoms. The molecule has 0 unspecified atom stereocenters. The summed E-state index contributed by atoms with van der Waals surface area (Å²) in [5.74, 6) is 1.88. The number of aryl methyl sites for hydroxylation is 1. The number of thioether (sulfide) groups is 1. The second-order valence-electron chi connectivity index (χ2n) is 3.89. The van der Waals surface area contributed by atoms with Gasteiger partial charge in [-0.05, 0) is 27.6 Å². The van der Waals surface area contributed by atoms with E-state index in [4.69, 9.17) is 12.2 Å². The van der Waals surface area contributed by atoms with Crippen molar-refractivity contribution in [2.45, 2.75) is 44.6 Å². The van der Waals surface area contributed by atoms with E-state index in [0.29, 0.717) is 9.89 Å². The Balaban J connectivity index is 2.90. The number of aromatic amines is 1. The maximum Gasteiger partial charge on any atom is 0.144 e. The number of nitrogens with zero attached hydrogens (tertiary/aromatic N) is 1. The average Bonchev–Trinajstić information content (AvgIpc) is 2.22. The quantitative estimate of drug-likeness (QED) is 0.810. The maximum absolute atomic E-state index is 5.24. The van der Waals surface area contributed by atoms with E-state index >= 15 is 0 Å². The lowest BCUT2D eigenvalue weighted by Gasteiger charge is -2.08. The van der Waals surface area contributed by atoms with Crippen molar-refractivity contribution >= 4 is 39.9 Å². The molecular weight excluding hydrogens is 304 g/mol. The van der Waals surface area contributed by atoms with Crippen molar-refractivity contribution in [3.05, 3.63) is 20.6 Å². The van der Waals surface area contributed by atoms with Gasteiger partial charge in [0.1, 0.15) is 10.5 Å². The molecule has 0 aliphatic rings. The third kappa shape index (κ3) is 4.18. The molecule has 0 radical (unpaired) electrons. The van der Waals surface area contributed by atoms with Gasteiger partial charge in [0.05, 0.1) is 10.2 Å². The Kier molecular flexibility index (Phi) is 6.00. The summed E-state index contributed by atoms with van der Waals surface area (Å²) in [5, 5.41) is 0.613. The molecule has 2 nitrogen and oxygen atoms in total. The summed E-state index contributed by atoms with van der Waals surface area (Å²) in [6.45, 7) is 6.53. The first kappa shape index (κ1) is 14.2. The molecule has 0 fully saturated rings. The van der Waals surface area contributed by atoms with Crippen molar-refractivity contribution in [1.29, 1.82) is 0 Å². The highest BCUT2D eigenvalue weighted by Gasteiger charge is 2.06. The van der Waals surface area contributed by atoms with Crippen molar-refractivity contribution in [3.8, 4) is 0 Å². The Hall–Kier alpha value is 0.130. The van der Waals surface area contributed by atoms with Gasteiger partial charge in [0.2, 0.25) is 0 Å². The molecule has 0 saturated heterocycles. The van der Waals surface area contributed by atoms with Crippen LogP contribution in [0.2, 0.25) is 0 Å². The molecule has 1 aromatic heterocycles. The van der Waals surface area contributed by atoms with Gasteiger partial charge >= 0.3 is 0 Å². The molecule has 0 atom stereocenters. The third-order valence-corrected chi connectivity index (χ3v) is 4.56. The first-order valence-corrected chi connectivity index (χ1v) is 7.68. The Morgan fingerprint density at radius 3 is 2.75 bits per heavy atom. The molecule has 1 heterocycles. The van der Waals surface area contributed by atoms with Gasteiger partial charge in [-0.2, -0.15) is 11.8 Å². The number of rotatable bonds is 5. The molecule has 0 spiro atoms. The summed E-state index contributed by atoms with van der Waals surface area (Å²) >= 11 is 10.6. The van der Waals surface area contributed by atoms with Crippen LogP contribution in [0.4, 0.5) is 0 Å². The summed E-state index contributed by atoms with van der Waals surface area (Å²) in [4.78, 5) is 7.74. The maximum atomic E-state index is 5.24. The van der Waals surface area contributed by atoms with Crippen LogP contribution in [-0.2, 0) is 12.2 Å². The molecule has 0 aliphatic heterocycles. The predicted molar refractivity (Wildman–Crippen MR) is 77.5 cm³/mol. The highest BCUT2D eigenvalue weighted by Crippen LogP contribution is 2.20. The minimum atomic E-state index is 0.613. The number of H-pyrrole nitrogens is 1. The van der Waals surface area contributed by atoms with E-state index in [1.165, 1.54) is 5.69 Å². The van der Waals surface area contributed by atoms with Gasteiger partial charge in [-0.3, -0.25) is 0 Å². The van der Waals surface area contributed by atoms with Crippen LogP contribution in [0.5, 0.6) is 0 Å². The van der Waals surface area contributed by atoms with Crippen LogP contribution in [0.15, 0.2) is 4.47 Å².